The lowest BCUT2D eigenvalue weighted by molar-refractivity contribution is -0.120. The molecule has 214 valence electrons. The van der Waals surface area contributed by atoms with Gasteiger partial charge in [0.25, 0.3) is 0 Å². The normalized spacial score (nSPS) is 16.6. The molecule has 0 unspecified atom stereocenters. The number of hydrogen-bond acceptors (Lipinski definition) is 4. The number of benzene rings is 3. The molecule has 0 aromatic heterocycles. The maximum atomic E-state index is 14.8. The Morgan fingerprint density at radius 2 is 1.80 bits per heavy atom. The first-order valence-corrected chi connectivity index (χ1v) is 14.3. The van der Waals surface area contributed by atoms with Crippen molar-refractivity contribution < 1.29 is 19.0 Å². The molecule has 1 amide bonds. The first kappa shape index (κ1) is 29.8. The zero-order valence-electron chi connectivity index (χ0n) is 24.2. The minimum Gasteiger partial charge on any atom is -0.486 e. The van der Waals surface area contributed by atoms with Gasteiger partial charge < -0.3 is 20.5 Å². The van der Waals surface area contributed by atoms with Crippen LogP contribution >= 0.6 is 0 Å². The van der Waals surface area contributed by atoms with Crippen LogP contribution in [0.15, 0.2) is 66.7 Å². The van der Waals surface area contributed by atoms with Crippen LogP contribution in [0.5, 0.6) is 5.75 Å². The standard InChI is InChI=1S/C34H43FN2O3/c1-23(38)37-31(19-25-14-16-33(29(35)18-25)40-22-24-9-6-5-7-10-24)32(39)21-36-30-12-8-11-27-15-13-26(17-28(27)30)20-34(2,3)4/h5-7,9-10,13-18,30-32,36,39H,8,11-12,19-22H2,1-4H3,(H,37,38)/t30-,31+,32-/m0/s1. The Balaban J connectivity index is 1.39. The Morgan fingerprint density at radius 1 is 1.05 bits per heavy atom. The van der Waals surface area contributed by atoms with Crippen LogP contribution in [0.4, 0.5) is 4.39 Å². The molecule has 3 N–H and O–H groups in total. The van der Waals surface area contributed by atoms with Crippen molar-refractivity contribution in [3.05, 3.63) is 100 Å². The van der Waals surface area contributed by atoms with E-state index in [2.05, 4.69) is 49.6 Å². The highest BCUT2D eigenvalue weighted by molar-refractivity contribution is 5.73. The fourth-order valence-electron chi connectivity index (χ4n) is 5.51. The molecule has 0 bridgehead atoms. The average Bonchev–Trinajstić information content (AvgIpc) is 2.90. The van der Waals surface area contributed by atoms with Gasteiger partial charge in [0.05, 0.1) is 12.1 Å². The first-order valence-electron chi connectivity index (χ1n) is 14.3. The average molecular weight is 547 g/mol. The molecular weight excluding hydrogens is 503 g/mol. The van der Waals surface area contributed by atoms with E-state index < -0.39 is 18.0 Å². The lowest BCUT2D eigenvalue weighted by Gasteiger charge is -2.31. The maximum Gasteiger partial charge on any atom is 0.217 e. The van der Waals surface area contributed by atoms with Gasteiger partial charge in [0.2, 0.25) is 5.91 Å². The minimum absolute atomic E-state index is 0.148. The molecule has 0 spiro atoms. The molecule has 0 saturated heterocycles. The number of aryl methyl sites for hydroxylation is 1. The molecule has 4 rings (SSSR count). The summed E-state index contributed by atoms with van der Waals surface area (Å²) in [6.45, 7) is 8.77. The zero-order valence-corrected chi connectivity index (χ0v) is 24.2. The van der Waals surface area contributed by atoms with E-state index in [1.165, 1.54) is 29.7 Å². The van der Waals surface area contributed by atoms with Crippen LogP contribution in [0.25, 0.3) is 0 Å². The van der Waals surface area contributed by atoms with Gasteiger partial charge in [-0.2, -0.15) is 0 Å². The van der Waals surface area contributed by atoms with Crippen LogP contribution in [-0.2, 0) is 30.7 Å². The number of nitrogens with one attached hydrogen (secondary N) is 2. The van der Waals surface area contributed by atoms with E-state index in [4.69, 9.17) is 4.74 Å². The van der Waals surface area contributed by atoms with Crippen molar-refractivity contribution >= 4 is 5.91 Å². The number of carbonyl (C=O) groups is 1. The Kier molecular flexibility index (Phi) is 9.99. The summed E-state index contributed by atoms with van der Waals surface area (Å²) in [4.78, 5) is 12.0. The van der Waals surface area contributed by atoms with Crippen LogP contribution in [0.1, 0.15) is 74.4 Å². The van der Waals surface area contributed by atoms with Gasteiger partial charge in [0.1, 0.15) is 6.61 Å². The summed E-state index contributed by atoms with van der Waals surface area (Å²) in [5, 5.41) is 17.6. The van der Waals surface area contributed by atoms with Gasteiger partial charge in [-0.1, -0.05) is 75.4 Å². The molecule has 0 aliphatic heterocycles. The predicted molar refractivity (Wildman–Crippen MR) is 158 cm³/mol. The second-order valence-electron chi connectivity index (χ2n) is 12.2. The number of halogens is 1. The number of fused-ring (bicyclic) bond motifs is 1. The Bertz CT molecular complexity index is 1270. The zero-order chi connectivity index (χ0) is 28.7. The lowest BCUT2D eigenvalue weighted by atomic mass is 9.82. The molecule has 3 aromatic carbocycles. The van der Waals surface area contributed by atoms with Gasteiger partial charge in [-0.05, 0) is 77.5 Å². The summed E-state index contributed by atoms with van der Waals surface area (Å²) in [6.07, 6.45) is 3.62. The molecule has 0 radical (unpaired) electrons. The largest absolute Gasteiger partial charge is 0.486 e. The van der Waals surface area contributed by atoms with Crippen molar-refractivity contribution in [2.75, 3.05) is 6.54 Å². The summed E-state index contributed by atoms with van der Waals surface area (Å²) in [5.41, 5.74) is 5.84. The van der Waals surface area contributed by atoms with Gasteiger partial charge in [0, 0.05) is 19.5 Å². The summed E-state index contributed by atoms with van der Waals surface area (Å²) in [7, 11) is 0. The molecular formula is C34H43FN2O3. The fourth-order valence-corrected chi connectivity index (χ4v) is 5.51. The van der Waals surface area contributed by atoms with Gasteiger partial charge >= 0.3 is 0 Å². The Labute approximate surface area is 238 Å². The summed E-state index contributed by atoms with van der Waals surface area (Å²) in [6, 6.07) is 20.8. The molecule has 0 saturated carbocycles. The molecule has 1 aliphatic rings. The molecule has 0 fully saturated rings. The van der Waals surface area contributed by atoms with E-state index in [0.29, 0.717) is 18.5 Å². The molecule has 40 heavy (non-hydrogen) atoms. The minimum atomic E-state index is -0.843. The van der Waals surface area contributed by atoms with Crippen molar-refractivity contribution in [3.63, 3.8) is 0 Å². The third kappa shape index (κ3) is 8.64. The van der Waals surface area contributed by atoms with Crippen molar-refractivity contribution in [2.24, 2.45) is 5.41 Å². The second-order valence-corrected chi connectivity index (χ2v) is 12.2. The lowest BCUT2D eigenvalue weighted by Crippen LogP contribution is -2.48. The van der Waals surface area contributed by atoms with E-state index in [9.17, 15) is 14.3 Å². The van der Waals surface area contributed by atoms with Crippen LogP contribution in [0.3, 0.4) is 0 Å². The van der Waals surface area contributed by atoms with Gasteiger partial charge in [-0.15, -0.1) is 0 Å². The monoisotopic (exact) mass is 546 g/mol. The smallest absolute Gasteiger partial charge is 0.217 e. The highest BCUT2D eigenvalue weighted by Crippen LogP contribution is 2.32. The highest BCUT2D eigenvalue weighted by Gasteiger charge is 2.25. The number of rotatable bonds is 11. The summed E-state index contributed by atoms with van der Waals surface area (Å²) in [5.74, 6) is -0.526. The maximum absolute atomic E-state index is 14.8. The number of aliphatic hydroxyl groups is 1. The van der Waals surface area contributed by atoms with Crippen LogP contribution in [0, 0.1) is 11.2 Å². The van der Waals surface area contributed by atoms with Crippen molar-refractivity contribution in [2.45, 2.75) is 84.6 Å². The quantitative estimate of drug-likeness (QED) is 0.273. The number of aliphatic hydroxyl groups excluding tert-OH is 1. The second kappa shape index (κ2) is 13.4. The van der Waals surface area contributed by atoms with E-state index >= 15 is 0 Å². The fraction of sp³-hybridized carbons (Fsp3) is 0.441. The van der Waals surface area contributed by atoms with Crippen molar-refractivity contribution in [3.8, 4) is 5.75 Å². The predicted octanol–water partition coefficient (Wildman–Crippen LogP) is 6.07. The van der Waals surface area contributed by atoms with Crippen molar-refractivity contribution in [1.29, 1.82) is 0 Å². The number of amides is 1. The van der Waals surface area contributed by atoms with E-state index in [1.807, 2.05) is 30.3 Å². The molecule has 3 atom stereocenters. The number of hydrogen-bond donors (Lipinski definition) is 3. The molecule has 5 nitrogen and oxygen atoms in total. The molecule has 6 heteroatoms. The van der Waals surface area contributed by atoms with E-state index in [1.54, 1.807) is 12.1 Å². The SMILES string of the molecule is CC(=O)N[C@H](Cc1ccc(OCc2ccccc2)c(F)c1)[C@@H](O)CN[C@H]1CCCc2ccc(CC(C)(C)C)cc21. The van der Waals surface area contributed by atoms with Crippen LogP contribution in [-0.4, -0.2) is 29.7 Å². The molecule has 0 heterocycles. The molecule has 1 aliphatic carbocycles. The Morgan fingerprint density at radius 3 is 2.50 bits per heavy atom. The van der Waals surface area contributed by atoms with E-state index in [0.717, 1.165) is 31.2 Å². The van der Waals surface area contributed by atoms with Gasteiger partial charge in [-0.3, -0.25) is 4.79 Å². The third-order valence-electron chi connectivity index (χ3n) is 7.37. The molecule has 3 aromatic rings. The number of carbonyl (C=O) groups excluding carboxylic acids is 1. The van der Waals surface area contributed by atoms with E-state index in [-0.39, 0.29) is 29.7 Å². The highest BCUT2D eigenvalue weighted by atomic mass is 19.1. The van der Waals surface area contributed by atoms with Gasteiger partial charge in [-0.25, -0.2) is 4.39 Å². The van der Waals surface area contributed by atoms with Gasteiger partial charge in [0.15, 0.2) is 11.6 Å². The first-order chi connectivity index (χ1) is 19.1. The van der Waals surface area contributed by atoms with Crippen LogP contribution < -0.4 is 15.4 Å². The van der Waals surface area contributed by atoms with Crippen LogP contribution in [0.2, 0.25) is 0 Å². The van der Waals surface area contributed by atoms with Crippen molar-refractivity contribution in [1.82, 2.24) is 10.6 Å². The summed E-state index contributed by atoms with van der Waals surface area (Å²) < 4.78 is 20.5. The third-order valence-corrected chi connectivity index (χ3v) is 7.37. The topological polar surface area (TPSA) is 70.6 Å². The number of ether oxygens (including phenoxy) is 1. The summed E-state index contributed by atoms with van der Waals surface area (Å²) >= 11 is 0. The Hall–Kier alpha value is -3.22.